The van der Waals surface area contributed by atoms with E-state index in [-0.39, 0.29) is 12.3 Å². The van der Waals surface area contributed by atoms with E-state index in [9.17, 15) is 4.79 Å². The number of rotatable bonds is 6. The van der Waals surface area contributed by atoms with E-state index in [0.717, 1.165) is 15.7 Å². The second-order valence-electron chi connectivity index (χ2n) is 4.76. The first-order chi connectivity index (χ1) is 10.6. The smallest absolute Gasteiger partial charge is 0.227 e. The summed E-state index contributed by atoms with van der Waals surface area (Å²) in [4.78, 5) is 12.0. The first-order valence-corrected chi connectivity index (χ1v) is 7.71. The van der Waals surface area contributed by atoms with Crippen LogP contribution >= 0.6 is 15.9 Å². The van der Waals surface area contributed by atoms with Gasteiger partial charge in [-0.1, -0.05) is 28.1 Å². The Morgan fingerprint density at radius 2 is 1.91 bits per heavy atom. The Bertz CT molecular complexity index is 658. The van der Waals surface area contributed by atoms with Gasteiger partial charge in [0.1, 0.15) is 0 Å². The quantitative estimate of drug-likeness (QED) is 0.837. The molecule has 0 radical (unpaired) electrons. The number of hydrogen-bond acceptors (Lipinski definition) is 3. The van der Waals surface area contributed by atoms with Gasteiger partial charge in [0.05, 0.1) is 20.1 Å². The topological polar surface area (TPSA) is 47.6 Å². The highest BCUT2D eigenvalue weighted by molar-refractivity contribution is 9.10. The average molecular weight is 364 g/mol. The van der Waals surface area contributed by atoms with Crippen molar-refractivity contribution in [2.45, 2.75) is 13.3 Å². The largest absolute Gasteiger partial charge is 0.493 e. The molecule has 0 fully saturated rings. The van der Waals surface area contributed by atoms with Gasteiger partial charge in [-0.15, -0.1) is 0 Å². The minimum atomic E-state index is -0.0830. The molecule has 2 aromatic carbocycles. The van der Waals surface area contributed by atoms with E-state index in [0.29, 0.717) is 18.1 Å². The summed E-state index contributed by atoms with van der Waals surface area (Å²) in [6, 6.07) is 13.1. The van der Waals surface area contributed by atoms with Crippen LogP contribution in [0.1, 0.15) is 12.0 Å². The lowest BCUT2D eigenvalue weighted by Crippen LogP contribution is -2.16. The van der Waals surface area contributed by atoms with Crippen molar-refractivity contribution in [2.75, 3.05) is 19.0 Å². The third-order valence-corrected chi connectivity index (χ3v) is 3.61. The minimum Gasteiger partial charge on any atom is -0.493 e. The van der Waals surface area contributed by atoms with Crippen molar-refractivity contribution in [1.82, 2.24) is 0 Å². The summed E-state index contributed by atoms with van der Waals surface area (Å²) < 4.78 is 11.8. The lowest BCUT2D eigenvalue weighted by molar-refractivity contribution is -0.116. The molecule has 22 heavy (non-hydrogen) atoms. The molecule has 0 bridgehead atoms. The molecule has 0 aliphatic heterocycles. The number of methoxy groups -OCH3 is 1. The molecule has 1 N–H and O–H groups in total. The van der Waals surface area contributed by atoms with Crippen LogP contribution in [0.4, 0.5) is 5.69 Å². The van der Waals surface area contributed by atoms with Crippen LogP contribution in [0.3, 0.4) is 0 Å². The molecule has 4 nitrogen and oxygen atoms in total. The first-order valence-electron chi connectivity index (χ1n) is 6.92. The minimum absolute atomic E-state index is 0.0830. The van der Waals surface area contributed by atoms with E-state index in [2.05, 4.69) is 21.2 Å². The van der Waals surface area contributed by atoms with Gasteiger partial charge >= 0.3 is 0 Å². The van der Waals surface area contributed by atoms with Crippen molar-refractivity contribution in [3.63, 3.8) is 0 Å². The fraction of sp³-hybridized carbons (Fsp3) is 0.235. The van der Waals surface area contributed by atoms with Gasteiger partial charge in [0.15, 0.2) is 11.5 Å². The summed E-state index contributed by atoms with van der Waals surface area (Å²) in [6.07, 6.45) is 0.271. The molecular weight excluding hydrogens is 346 g/mol. The Morgan fingerprint density at radius 3 is 2.59 bits per heavy atom. The van der Waals surface area contributed by atoms with Crippen molar-refractivity contribution in [2.24, 2.45) is 0 Å². The molecule has 5 heteroatoms. The Labute approximate surface area is 138 Å². The second kappa shape index (κ2) is 7.84. The number of para-hydroxylation sites is 2. The predicted octanol–water partition coefficient (Wildman–Crippen LogP) is 4.17. The number of halogens is 1. The third kappa shape index (κ3) is 4.49. The summed E-state index contributed by atoms with van der Waals surface area (Å²) in [5, 5.41) is 2.88. The van der Waals surface area contributed by atoms with Crippen LogP contribution in [0.5, 0.6) is 11.5 Å². The number of benzene rings is 2. The van der Waals surface area contributed by atoms with Crippen molar-refractivity contribution >= 4 is 27.5 Å². The Balaban J connectivity index is 1.85. The maximum Gasteiger partial charge on any atom is 0.227 e. The molecular formula is C17H18BrNO3. The van der Waals surface area contributed by atoms with Gasteiger partial charge in [0.25, 0.3) is 0 Å². The zero-order valence-electron chi connectivity index (χ0n) is 12.6. The standard InChI is InChI=1S/C17H18BrNO3/c1-12-11-13(18)7-8-14(12)19-17(20)9-10-22-16-6-4-3-5-15(16)21-2/h3-8,11H,9-10H2,1-2H3,(H,19,20). The number of hydrogen-bond donors (Lipinski definition) is 1. The summed E-state index contributed by atoms with van der Waals surface area (Å²) in [7, 11) is 1.59. The molecule has 0 atom stereocenters. The number of aryl methyl sites for hydroxylation is 1. The van der Waals surface area contributed by atoms with Gasteiger partial charge < -0.3 is 14.8 Å². The zero-order chi connectivity index (χ0) is 15.9. The summed E-state index contributed by atoms with van der Waals surface area (Å²) >= 11 is 3.40. The van der Waals surface area contributed by atoms with Gasteiger partial charge in [-0.2, -0.15) is 0 Å². The van der Waals surface area contributed by atoms with Crippen LogP contribution in [0, 0.1) is 6.92 Å². The lowest BCUT2D eigenvalue weighted by atomic mass is 10.2. The SMILES string of the molecule is COc1ccccc1OCCC(=O)Nc1ccc(Br)cc1C. The van der Waals surface area contributed by atoms with Crippen LogP contribution in [-0.4, -0.2) is 19.6 Å². The van der Waals surface area contributed by atoms with Crippen LogP contribution < -0.4 is 14.8 Å². The number of nitrogens with one attached hydrogen (secondary N) is 1. The van der Waals surface area contributed by atoms with Gasteiger partial charge in [-0.05, 0) is 42.8 Å². The summed E-state index contributed by atoms with van der Waals surface area (Å²) in [6.45, 7) is 2.24. The molecule has 0 saturated carbocycles. The molecule has 0 heterocycles. The number of amides is 1. The highest BCUT2D eigenvalue weighted by Gasteiger charge is 2.07. The maximum atomic E-state index is 12.0. The normalized spacial score (nSPS) is 10.1. The first kappa shape index (κ1) is 16.4. The summed E-state index contributed by atoms with van der Waals surface area (Å²) in [5.74, 6) is 1.21. The number of ether oxygens (including phenoxy) is 2. The maximum absolute atomic E-state index is 12.0. The van der Waals surface area contributed by atoms with Gasteiger partial charge in [0.2, 0.25) is 5.91 Å². The Hall–Kier alpha value is -2.01. The molecule has 0 spiro atoms. The molecule has 2 rings (SSSR count). The van der Waals surface area contributed by atoms with Crippen LogP contribution in [-0.2, 0) is 4.79 Å². The van der Waals surface area contributed by atoms with Crippen LogP contribution in [0.25, 0.3) is 0 Å². The number of anilines is 1. The van der Waals surface area contributed by atoms with Crippen LogP contribution in [0.2, 0.25) is 0 Å². The Kier molecular flexibility index (Phi) is 5.83. The van der Waals surface area contributed by atoms with E-state index in [1.165, 1.54) is 0 Å². The van der Waals surface area contributed by atoms with Crippen LogP contribution in [0.15, 0.2) is 46.9 Å². The van der Waals surface area contributed by atoms with E-state index in [1.807, 2.05) is 49.4 Å². The van der Waals surface area contributed by atoms with Crippen molar-refractivity contribution in [3.05, 3.63) is 52.5 Å². The predicted molar refractivity (Wildman–Crippen MR) is 90.6 cm³/mol. The van der Waals surface area contributed by atoms with Gasteiger partial charge in [-0.25, -0.2) is 0 Å². The Morgan fingerprint density at radius 1 is 1.18 bits per heavy atom. The molecule has 0 aliphatic carbocycles. The van der Waals surface area contributed by atoms with E-state index in [1.54, 1.807) is 7.11 Å². The van der Waals surface area contributed by atoms with Gasteiger partial charge in [-0.3, -0.25) is 4.79 Å². The van der Waals surface area contributed by atoms with Crippen molar-refractivity contribution in [3.8, 4) is 11.5 Å². The van der Waals surface area contributed by atoms with Gasteiger partial charge in [0, 0.05) is 10.2 Å². The highest BCUT2D eigenvalue weighted by atomic mass is 79.9. The molecule has 1 amide bonds. The van der Waals surface area contributed by atoms with E-state index < -0.39 is 0 Å². The fourth-order valence-electron chi connectivity index (χ4n) is 1.97. The zero-order valence-corrected chi connectivity index (χ0v) is 14.1. The molecule has 0 unspecified atom stereocenters. The molecule has 0 aromatic heterocycles. The van der Waals surface area contributed by atoms with E-state index in [4.69, 9.17) is 9.47 Å². The highest BCUT2D eigenvalue weighted by Crippen LogP contribution is 2.26. The third-order valence-electron chi connectivity index (χ3n) is 3.12. The molecule has 0 saturated heterocycles. The molecule has 2 aromatic rings. The molecule has 0 aliphatic rings. The van der Waals surface area contributed by atoms with Crippen molar-refractivity contribution in [1.29, 1.82) is 0 Å². The number of carbonyl (C=O) groups excluding carboxylic acids is 1. The summed E-state index contributed by atoms with van der Waals surface area (Å²) in [5.41, 5.74) is 1.82. The van der Waals surface area contributed by atoms with Crippen molar-refractivity contribution < 1.29 is 14.3 Å². The second-order valence-corrected chi connectivity index (χ2v) is 5.67. The fourth-order valence-corrected chi connectivity index (χ4v) is 2.45. The van der Waals surface area contributed by atoms with E-state index >= 15 is 0 Å². The lowest BCUT2D eigenvalue weighted by Gasteiger charge is -2.11. The monoisotopic (exact) mass is 363 g/mol. The number of carbonyl (C=O) groups is 1. The molecule has 116 valence electrons. The average Bonchev–Trinajstić information content (AvgIpc) is 2.50.